The Morgan fingerprint density at radius 3 is 0.353 bits per heavy atom. The number of rotatable bonds is 0. The molecule has 0 fully saturated rings. The molecule has 0 N–H and O–H groups in total. The van der Waals surface area contributed by atoms with E-state index in [0.717, 1.165) is 0 Å². The second-order valence-corrected chi connectivity index (χ2v) is 9.96. The molecule has 0 nitrogen and oxygen atoms in total. The van der Waals surface area contributed by atoms with E-state index < -0.39 is 28.3 Å². The fourth-order valence-electron chi connectivity index (χ4n) is 0. The Kier molecular flexibility index (Phi) is 10.8. The topological polar surface area (TPSA) is 0 Å². The molecule has 17 heteroatoms. The number of halogens is 12. The Hall–Kier alpha value is 3.08. The molecule has 0 atom stereocenters. The molecule has 0 saturated carbocycles. The minimum absolute atomic E-state index is 0. The van der Waals surface area contributed by atoms with Gasteiger partial charge in [-0.25, -0.2) is 0 Å². The van der Waals surface area contributed by atoms with Crippen LogP contribution < -0.4 is 0 Å². The van der Waals surface area contributed by atoms with Crippen molar-refractivity contribution in [3.63, 3.8) is 0 Å². The third kappa shape index (κ3) is 586. The summed E-state index contributed by atoms with van der Waals surface area (Å²) in [6.45, 7) is 0. The molecule has 0 aromatic carbocycles. The Balaban J connectivity index is -0.0000000480. The van der Waals surface area contributed by atoms with Crippen LogP contribution in [-0.4, -0.2) is 28.3 Å². The average Bonchev–Trinajstić information content (AvgIpc) is 0.938. The predicted molar refractivity (Wildman–Crippen MR) is 24.8 cm³/mol. The van der Waals surface area contributed by atoms with Crippen LogP contribution in [0.15, 0.2) is 0 Å². The van der Waals surface area contributed by atoms with E-state index >= 15 is 0 Å². The molecule has 0 amide bonds. The van der Waals surface area contributed by atoms with Crippen molar-refractivity contribution in [2.75, 3.05) is 0 Å². The van der Waals surface area contributed by atoms with Crippen molar-refractivity contribution in [3.05, 3.63) is 0 Å². The SMILES string of the molecule is F[As-](F)(F)(F)(F)F.F[As-](F)(F)(F)(F)F.[Hg+].[Hg+].[Hg]. The van der Waals surface area contributed by atoms with Gasteiger partial charge >= 0.3 is 125 Å². The summed E-state index contributed by atoms with van der Waals surface area (Å²) in [4.78, 5) is 0. The smallest absolute Gasteiger partial charge is 0 e. The predicted octanol–water partition coefficient (Wildman–Crippen LogP) is 4.27. The van der Waals surface area contributed by atoms with Gasteiger partial charge in [-0.1, -0.05) is 0 Å². The van der Waals surface area contributed by atoms with E-state index in [1.807, 2.05) is 0 Å². The standard InChI is InChI=1S/2AsF6.3Hg/c2*2-1(3,4,5,6)7;;;/q2*-1;;2*+1. The molecule has 0 heterocycles. The van der Waals surface area contributed by atoms with Crippen LogP contribution in [0, 0.1) is 0 Å². The molecular weight excluding hydrogens is 980 g/mol. The Morgan fingerprint density at radius 1 is 0.353 bits per heavy atom. The van der Waals surface area contributed by atoms with Gasteiger partial charge in [0.2, 0.25) is 0 Å². The fraction of sp³-hybridized carbons (Fsp3) is 0. The van der Waals surface area contributed by atoms with Crippen molar-refractivity contribution >= 4 is 28.3 Å². The van der Waals surface area contributed by atoms with Crippen molar-refractivity contribution in [1.29, 1.82) is 0 Å². The van der Waals surface area contributed by atoms with Gasteiger partial charge in [-0.05, 0) is 0 Å². The molecule has 100 valence electrons. The Bertz CT molecular complexity index is 167. The first kappa shape index (κ1) is 32.1. The van der Waals surface area contributed by atoms with Crippen molar-refractivity contribution < 1.29 is 125 Å². The normalized spacial score (nSPS) is 19.1. The van der Waals surface area contributed by atoms with Crippen LogP contribution in [0.1, 0.15) is 0 Å². The summed E-state index contributed by atoms with van der Waals surface area (Å²) in [7, 11) is 0. The summed E-state index contributed by atoms with van der Waals surface area (Å²) in [5, 5.41) is 0. The van der Waals surface area contributed by atoms with E-state index in [4.69, 9.17) is 0 Å². The molecule has 0 bridgehead atoms. The van der Waals surface area contributed by atoms with E-state index in [9.17, 15) is 41.6 Å². The largest absolute Gasteiger partial charge is 1.00 e. The molecule has 0 aliphatic rings. The molecular formula is As2F12Hg3. The summed E-state index contributed by atoms with van der Waals surface area (Å²) >= 11 is -22.1. The zero-order chi connectivity index (χ0) is 12.8. The monoisotopic (exact) mass is 984 g/mol. The summed E-state index contributed by atoms with van der Waals surface area (Å²) in [5.74, 6) is 0. The minimum atomic E-state index is -11.1. The molecule has 0 rings (SSSR count). The van der Waals surface area contributed by atoms with Crippen LogP contribution in [0.5, 0.6) is 0 Å². The van der Waals surface area contributed by atoms with Gasteiger partial charge in [0, 0.05) is 27.7 Å². The fourth-order valence-corrected chi connectivity index (χ4v) is 0. The van der Waals surface area contributed by atoms with E-state index in [-0.39, 0.29) is 83.0 Å². The van der Waals surface area contributed by atoms with Crippen LogP contribution >= 0.6 is 0 Å². The second-order valence-electron chi connectivity index (χ2n) is 1.92. The van der Waals surface area contributed by atoms with Gasteiger partial charge < -0.3 is 0 Å². The number of hydrogen-bond donors (Lipinski definition) is 0. The quantitative estimate of drug-likeness (QED) is 0.252. The number of hydrogen-bond acceptors (Lipinski definition) is 0. The molecule has 17 heavy (non-hydrogen) atoms. The summed E-state index contributed by atoms with van der Waals surface area (Å²) in [6.07, 6.45) is 0. The van der Waals surface area contributed by atoms with Gasteiger partial charge in [-0.3, -0.25) is 0 Å². The molecule has 0 spiro atoms. The van der Waals surface area contributed by atoms with Gasteiger partial charge in [0.25, 0.3) is 0 Å². The first-order chi connectivity index (χ1) is 4.90. The third-order valence-corrected chi connectivity index (χ3v) is 0. The van der Waals surface area contributed by atoms with E-state index in [1.54, 1.807) is 0 Å². The summed E-state index contributed by atoms with van der Waals surface area (Å²) in [5.41, 5.74) is 0. The van der Waals surface area contributed by atoms with Gasteiger partial charge in [0.1, 0.15) is 0 Å². The summed E-state index contributed by atoms with van der Waals surface area (Å²) < 4.78 is 119. The molecule has 0 aromatic heterocycles. The molecule has 0 saturated heterocycles. The van der Waals surface area contributed by atoms with Gasteiger partial charge in [0.15, 0.2) is 0 Å². The third-order valence-electron chi connectivity index (χ3n) is 0. The minimum Gasteiger partial charge on any atom is 0 e. The van der Waals surface area contributed by atoms with Crippen molar-refractivity contribution in [2.24, 2.45) is 0 Å². The van der Waals surface area contributed by atoms with Gasteiger partial charge in [0.05, 0.1) is 0 Å². The van der Waals surface area contributed by atoms with Crippen molar-refractivity contribution in [2.45, 2.75) is 0 Å². The van der Waals surface area contributed by atoms with Crippen LogP contribution in [0.3, 0.4) is 0 Å². The molecule has 0 unspecified atom stereocenters. The second kappa shape index (κ2) is 5.70. The van der Waals surface area contributed by atoms with E-state index in [2.05, 4.69) is 0 Å². The van der Waals surface area contributed by atoms with Crippen LogP contribution in [0.25, 0.3) is 0 Å². The van der Waals surface area contributed by atoms with Crippen LogP contribution in [0.4, 0.5) is 41.6 Å². The van der Waals surface area contributed by atoms with Crippen molar-refractivity contribution in [3.8, 4) is 0 Å². The van der Waals surface area contributed by atoms with Gasteiger partial charge in [-0.2, -0.15) is 0 Å². The maximum absolute atomic E-state index is 11.1. The maximum Gasteiger partial charge on any atom is 1.00 e. The molecule has 0 aliphatic heterocycles. The first-order valence-corrected chi connectivity index (χ1v) is 10.5. The van der Waals surface area contributed by atoms with Crippen molar-refractivity contribution in [1.82, 2.24) is 0 Å². The Morgan fingerprint density at radius 2 is 0.353 bits per heavy atom. The zero-order valence-corrected chi connectivity index (χ0v) is 27.8. The molecule has 2 radical (unpaired) electrons. The average molecular weight is 980 g/mol. The Labute approximate surface area is 150 Å². The first-order valence-electron chi connectivity index (χ1n) is 2.03. The molecule has 0 aliphatic carbocycles. The zero-order valence-electron chi connectivity index (χ0n) is 7.55. The van der Waals surface area contributed by atoms with Gasteiger partial charge in [-0.15, -0.1) is 0 Å². The van der Waals surface area contributed by atoms with E-state index in [1.165, 1.54) is 0 Å². The maximum atomic E-state index is 9.91. The van der Waals surface area contributed by atoms with Crippen LogP contribution in [0.2, 0.25) is 0 Å². The molecule has 0 aromatic rings. The van der Waals surface area contributed by atoms with Crippen LogP contribution in [-0.2, 0) is 83.0 Å². The summed E-state index contributed by atoms with van der Waals surface area (Å²) in [6, 6.07) is 0. The van der Waals surface area contributed by atoms with E-state index in [0.29, 0.717) is 0 Å².